The predicted octanol–water partition coefficient (Wildman–Crippen LogP) is 3.92. The van der Waals surface area contributed by atoms with Crippen LogP contribution in [0.3, 0.4) is 0 Å². The fraction of sp³-hybridized carbons (Fsp3) is 0.458. The van der Waals surface area contributed by atoms with Crippen LogP contribution in [-0.4, -0.2) is 44.4 Å². The number of benzene rings is 2. The zero-order valence-corrected chi connectivity index (χ0v) is 19.5. The highest BCUT2D eigenvalue weighted by atomic mass is 32.2. The van der Waals surface area contributed by atoms with Gasteiger partial charge in [-0.15, -0.1) is 0 Å². The van der Waals surface area contributed by atoms with Crippen molar-refractivity contribution in [3.8, 4) is 5.75 Å². The molecule has 0 spiro atoms. The predicted molar refractivity (Wildman–Crippen MR) is 122 cm³/mol. The Bertz CT molecular complexity index is 1010. The van der Waals surface area contributed by atoms with Gasteiger partial charge >= 0.3 is 0 Å². The summed E-state index contributed by atoms with van der Waals surface area (Å²) >= 11 is 0. The Hall–Kier alpha value is -2.38. The van der Waals surface area contributed by atoms with E-state index in [0.29, 0.717) is 31.2 Å². The average molecular weight is 445 g/mol. The molecule has 0 aliphatic carbocycles. The summed E-state index contributed by atoms with van der Waals surface area (Å²) in [5.41, 5.74) is 2.25. The lowest BCUT2D eigenvalue weighted by atomic mass is 10.0. The number of sulfonamides is 1. The zero-order valence-electron chi connectivity index (χ0n) is 18.7. The Balaban J connectivity index is 1.67. The van der Waals surface area contributed by atoms with Crippen LogP contribution >= 0.6 is 0 Å². The molecule has 1 N–H and O–H groups in total. The molecule has 0 bridgehead atoms. The molecule has 1 amide bonds. The van der Waals surface area contributed by atoms with Crippen molar-refractivity contribution >= 4 is 15.9 Å². The summed E-state index contributed by atoms with van der Waals surface area (Å²) in [6.07, 6.45) is 1.72. The van der Waals surface area contributed by atoms with Crippen molar-refractivity contribution < 1.29 is 17.9 Å². The van der Waals surface area contributed by atoms with Gasteiger partial charge in [0.1, 0.15) is 12.4 Å². The number of amides is 1. The molecule has 0 unspecified atom stereocenters. The van der Waals surface area contributed by atoms with Gasteiger partial charge in [0.2, 0.25) is 10.0 Å². The van der Waals surface area contributed by atoms with Gasteiger partial charge in [-0.1, -0.05) is 30.7 Å². The van der Waals surface area contributed by atoms with Crippen molar-refractivity contribution in [2.75, 3.05) is 19.7 Å². The maximum Gasteiger partial charge on any atom is 0.251 e. The number of carbonyl (C=O) groups excluding carboxylic acids is 1. The minimum atomic E-state index is -3.61. The molecule has 1 saturated heterocycles. The van der Waals surface area contributed by atoms with Crippen LogP contribution in [0.1, 0.15) is 48.2 Å². The Labute approximate surface area is 185 Å². The van der Waals surface area contributed by atoms with Crippen molar-refractivity contribution in [1.29, 1.82) is 0 Å². The smallest absolute Gasteiger partial charge is 0.251 e. The number of hydrogen-bond donors (Lipinski definition) is 1. The summed E-state index contributed by atoms with van der Waals surface area (Å²) in [7, 11) is -3.61. The molecule has 168 valence electrons. The summed E-state index contributed by atoms with van der Waals surface area (Å²) in [6.45, 7) is 9.17. The van der Waals surface area contributed by atoms with Gasteiger partial charge in [-0.3, -0.25) is 4.79 Å². The monoisotopic (exact) mass is 444 g/mol. The number of aryl methyl sites for hydroxylation is 2. The number of nitrogens with zero attached hydrogens (tertiary/aromatic N) is 1. The van der Waals surface area contributed by atoms with Crippen molar-refractivity contribution in [3.05, 3.63) is 59.2 Å². The molecule has 2 aromatic rings. The number of ether oxygens (including phenoxy) is 1. The first kappa shape index (κ1) is 23.3. The SMILES string of the molecule is Cc1ccc(OC[C@@H](C)NC(=O)c2cc(S(=O)(=O)N3CCC(C)CC3)ccc2C)cc1. The highest BCUT2D eigenvalue weighted by Gasteiger charge is 2.29. The Kier molecular flexibility index (Phi) is 7.38. The third kappa shape index (κ3) is 5.86. The van der Waals surface area contributed by atoms with E-state index in [1.54, 1.807) is 19.1 Å². The molecule has 2 aromatic carbocycles. The Morgan fingerprint density at radius 3 is 2.42 bits per heavy atom. The molecule has 1 aliphatic rings. The molecular weight excluding hydrogens is 412 g/mol. The summed E-state index contributed by atoms with van der Waals surface area (Å²) in [5.74, 6) is 0.975. The maximum absolute atomic E-state index is 13.1. The van der Waals surface area contributed by atoms with Gasteiger partial charge in [0, 0.05) is 18.7 Å². The molecule has 7 heteroatoms. The van der Waals surface area contributed by atoms with Gasteiger partial charge in [-0.05, 0) is 69.4 Å². The highest BCUT2D eigenvalue weighted by molar-refractivity contribution is 7.89. The summed E-state index contributed by atoms with van der Waals surface area (Å²) in [4.78, 5) is 13.0. The fourth-order valence-electron chi connectivity index (χ4n) is 3.58. The minimum absolute atomic E-state index is 0.168. The van der Waals surface area contributed by atoms with Crippen LogP contribution in [-0.2, 0) is 10.0 Å². The summed E-state index contributed by atoms with van der Waals surface area (Å²) in [6, 6.07) is 12.3. The van der Waals surface area contributed by atoms with Crippen LogP contribution in [0.2, 0.25) is 0 Å². The molecule has 6 nitrogen and oxygen atoms in total. The van der Waals surface area contributed by atoms with E-state index in [2.05, 4.69) is 12.2 Å². The molecule has 0 aromatic heterocycles. The standard InChI is InChI=1S/C24H32N2O4S/c1-17-5-8-21(9-6-17)30-16-20(4)25-24(27)23-15-22(10-7-19(23)3)31(28,29)26-13-11-18(2)12-14-26/h5-10,15,18,20H,11-14,16H2,1-4H3,(H,25,27)/t20-/m1/s1. The van der Waals surface area contributed by atoms with Crippen LogP contribution in [0, 0.1) is 19.8 Å². The van der Waals surface area contributed by atoms with Gasteiger partial charge in [-0.25, -0.2) is 8.42 Å². The fourth-order valence-corrected chi connectivity index (χ4v) is 5.08. The minimum Gasteiger partial charge on any atom is -0.491 e. The van der Waals surface area contributed by atoms with E-state index < -0.39 is 10.0 Å². The van der Waals surface area contributed by atoms with Gasteiger partial charge in [0.25, 0.3) is 5.91 Å². The quantitative estimate of drug-likeness (QED) is 0.702. The average Bonchev–Trinajstić information content (AvgIpc) is 2.73. The van der Waals surface area contributed by atoms with Gasteiger partial charge < -0.3 is 10.1 Å². The number of rotatable bonds is 7. The molecule has 0 radical (unpaired) electrons. The zero-order chi connectivity index (χ0) is 22.6. The van der Waals surface area contributed by atoms with Crippen LogP contribution in [0.25, 0.3) is 0 Å². The van der Waals surface area contributed by atoms with Crippen LogP contribution in [0.15, 0.2) is 47.4 Å². The van der Waals surface area contributed by atoms with Crippen molar-refractivity contribution in [2.24, 2.45) is 5.92 Å². The molecule has 1 atom stereocenters. The number of piperidine rings is 1. The highest BCUT2D eigenvalue weighted by Crippen LogP contribution is 2.25. The van der Waals surface area contributed by atoms with E-state index in [9.17, 15) is 13.2 Å². The first-order chi connectivity index (χ1) is 14.7. The topological polar surface area (TPSA) is 75.7 Å². The molecule has 31 heavy (non-hydrogen) atoms. The maximum atomic E-state index is 13.1. The van der Waals surface area contributed by atoms with Gasteiger partial charge in [0.15, 0.2) is 0 Å². The summed E-state index contributed by atoms with van der Waals surface area (Å²) in [5, 5.41) is 2.91. The second-order valence-electron chi connectivity index (χ2n) is 8.56. The molecule has 0 saturated carbocycles. The van der Waals surface area contributed by atoms with E-state index in [-0.39, 0.29) is 16.8 Å². The first-order valence-corrected chi connectivity index (χ1v) is 12.2. The summed E-state index contributed by atoms with van der Waals surface area (Å²) < 4.78 is 33.4. The second kappa shape index (κ2) is 9.83. The van der Waals surface area contributed by atoms with Gasteiger partial charge in [0.05, 0.1) is 10.9 Å². The van der Waals surface area contributed by atoms with Crippen LogP contribution < -0.4 is 10.1 Å². The molecule has 1 aliphatic heterocycles. The largest absolute Gasteiger partial charge is 0.491 e. The third-order valence-corrected chi connectivity index (χ3v) is 7.63. The second-order valence-corrected chi connectivity index (χ2v) is 10.5. The molecule has 1 fully saturated rings. The lowest BCUT2D eigenvalue weighted by Gasteiger charge is -2.29. The Morgan fingerprint density at radius 1 is 1.13 bits per heavy atom. The van der Waals surface area contributed by atoms with Crippen molar-refractivity contribution in [2.45, 2.75) is 51.5 Å². The normalized spacial score (nSPS) is 16.6. The number of nitrogens with one attached hydrogen (secondary N) is 1. The van der Waals surface area contributed by atoms with E-state index >= 15 is 0 Å². The van der Waals surface area contributed by atoms with Crippen LogP contribution in [0.4, 0.5) is 0 Å². The van der Waals surface area contributed by atoms with E-state index in [1.807, 2.05) is 38.1 Å². The van der Waals surface area contributed by atoms with Crippen LogP contribution in [0.5, 0.6) is 5.75 Å². The Morgan fingerprint density at radius 2 is 1.77 bits per heavy atom. The van der Waals surface area contributed by atoms with Gasteiger partial charge in [-0.2, -0.15) is 4.31 Å². The molecular formula is C24H32N2O4S. The van der Waals surface area contributed by atoms with Crippen molar-refractivity contribution in [1.82, 2.24) is 9.62 Å². The number of hydrogen-bond acceptors (Lipinski definition) is 4. The van der Waals surface area contributed by atoms with E-state index in [0.717, 1.165) is 29.7 Å². The third-order valence-electron chi connectivity index (χ3n) is 5.73. The van der Waals surface area contributed by atoms with Crippen molar-refractivity contribution in [3.63, 3.8) is 0 Å². The van der Waals surface area contributed by atoms with E-state index in [1.165, 1.54) is 10.4 Å². The lowest BCUT2D eigenvalue weighted by Crippen LogP contribution is -2.38. The number of carbonyl (C=O) groups is 1. The molecule has 3 rings (SSSR count). The van der Waals surface area contributed by atoms with E-state index in [4.69, 9.17) is 4.74 Å². The molecule has 1 heterocycles. The first-order valence-electron chi connectivity index (χ1n) is 10.8. The lowest BCUT2D eigenvalue weighted by molar-refractivity contribution is 0.0926.